The summed E-state index contributed by atoms with van der Waals surface area (Å²) in [5.74, 6) is 0. The van der Waals surface area contributed by atoms with Gasteiger partial charge in [0, 0.05) is 22.6 Å². The minimum Gasteiger partial charge on any atom is -0.256 e. The van der Waals surface area contributed by atoms with Crippen LogP contribution in [0.25, 0.3) is 11.3 Å². The lowest BCUT2D eigenvalue weighted by atomic mass is 9.86. The molecule has 0 amide bonds. The number of hydrogen-bond acceptors (Lipinski definition) is 1. The lowest BCUT2D eigenvalue weighted by Crippen LogP contribution is -2.07. The maximum Gasteiger partial charge on any atom is 0.0745 e. The molecule has 1 aromatic carbocycles. The van der Waals surface area contributed by atoms with Gasteiger partial charge in [0.15, 0.2) is 0 Å². The van der Waals surface area contributed by atoms with Crippen LogP contribution in [-0.2, 0) is 10.8 Å². The molecule has 1 heterocycles. The lowest BCUT2D eigenvalue weighted by Gasteiger charge is -2.19. The molecular weight excluding hydrogens is 206 g/mol. The molecule has 2 saturated carbocycles. The van der Waals surface area contributed by atoms with Gasteiger partial charge < -0.3 is 0 Å². The Balaban J connectivity index is 1.98. The average Bonchev–Trinajstić information content (AvgIpc) is 3.16. The summed E-state index contributed by atoms with van der Waals surface area (Å²) in [5.41, 5.74) is 8.16. The summed E-state index contributed by atoms with van der Waals surface area (Å²) in [6.45, 7) is 2.21. The molecule has 17 heavy (non-hydrogen) atoms. The molecule has 1 heteroatoms. The molecule has 2 aromatic rings. The summed E-state index contributed by atoms with van der Waals surface area (Å²) in [6, 6.07) is 11.1. The molecular formula is C16H13N. The predicted molar refractivity (Wildman–Crippen MR) is 67.0 cm³/mol. The average molecular weight is 219 g/mol. The van der Waals surface area contributed by atoms with Crippen molar-refractivity contribution in [3.8, 4) is 11.3 Å². The first kappa shape index (κ1) is 8.46. The molecule has 0 aliphatic heterocycles. The summed E-state index contributed by atoms with van der Waals surface area (Å²) in [6.07, 6.45) is 4.65. The second kappa shape index (κ2) is 2.17. The van der Waals surface area contributed by atoms with Crippen molar-refractivity contribution >= 4 is 0 Å². The largest absolute Gasteiger partial charge is 0.256 e. The second-order valence-electron chi connectivity index (χ2n) is 5.91. The van der Waals surface area contributed by atoms with Crippen molar-refractivity contribution in [2.45, 2.75) is 30.6 Å². The first-order valence-electron chi connectivity index (χ1n) is 6.35. The van der Waals surface area contributed by atoms with E-state index in [0.29, 0.717) is 10.8 Å². The summed E-state index contributed by atoms with van der Waals surface area (Å²) in [5, 5.41) is 0. The van der Waals surface area contributed by atoms with Crippen LogP contribution in [0.2, 0.25) is 0 Å². The van der Waals surface area contributed by atoms with Crippen molar-refractivity contribution in [1.29, 1.82) is 0 Å². The molecule has 0 saturated heterocycles. The van der Waals surface area contributed by atoms with E-state index < -0.39 is 0 Å². The van der Waals surface area contributed by atoms with E-state index in [2.05, 4.69) is 42.2 Å². The second-order valence-corrected chi connectivity index (χ2v) is 5.91. The molecule has 0 radical (unpaired) electrons. The van der Waals surface area contributed by atoms with E-state index in [1.807, 2.05) is 6.20 Å². The Morgan fingerprint density at radius 2 is 1.76 bits per heavy atom. The molecule has 0 N–H and O–H groups in total. The zero-order valence-electron chi connectivity index (χ0n) is 9.83. The molecule has 0 atom stereocenters. The van der Waals surface area contributed by atoms with E-state index in [1.165, 1.54) is 35.2 Å². The van der Waals surface area contributed by atoms with Crippen molar-refractivity contribution in [1.82, 2.24) is 4.98 Å². The Bertz CT molecular complexity index is 678. The van der Waals surface area contributed by atoms with E-state index in [0.717, 1.165) is 0 Å². The number of nitrogens with zero attached hydrogens (tertiary/aromatic N) is 1. The van der Waals surface area contributed by atoms with Crippen LogP contribution in [0.3, 0.4) is 0 Å². The highest BCUT2D eigenvalue weighted by molar-refractivity contribution is 5.85. The molecule has 3 aliphatic carbocycles. The van der Waals surface area contributed by atoms with Gasteiger partial charge in [-0.05, 0) is 42.5 Å². The van der Waals surface area contributed by atoms with Crippen LogP contribution in [0.5, 0.6) is 0 Å². The van der Waals surface area contributed by atoms with Crippen molar-refractivity contribution in [3.05, 3.63) is 53.2 Å². The SMILES string of the molecule is Cc1cccc2c1-c1ncccc1C13CC21C3. The van der Waals surface area contributed by atoms with Crippen LogP contribution in [0.15, 0.2) is 36.5 Å². The summed E-state index contributed by atoms with van der Waals surface area (Å²) in [7, 11) is 0. The van der Waals surface area contributed by atoms with Crippen LogP contribution in [-0.4, -0.2) is 4.98 Å². The van der Waals surface area contributed by atoms with E-state index in [1.54, 1.807) is 5.56 Å². The van der Waals surface area contributed by atoms with Gasteiger partial charge in [-0.3, -0.25) is 4.98 Å². The first-order chi connectivity index (χ1) is 8.29. The minimum absolute atomic E-state index is 0.497. The van der Waals surface area contributed by atoms with Crippen LogP contribution >= 0.6 is 0 Å². The normalized spacial score (nSPS) is 34.2. The molecule has 5 rings (SSSR count). The number of benzene rings is 1. The third-order valence-electron chi connectivity index (χ3n) is 5.22. The van der Waals surface area contributed by atoms with E-state index in [4.69, 9.17) is 0 Å². The first-order valence-corrected chi connectivity index (χ1v) is 6.35. The molecule has 1 nitrogen and oxygen atoms in total. The molecule has 82 valence electrons. The van der Waals surface area contributed by atoms with Gasteiger partial charge in [0.1, 0.15) is 0 Å². The third kappa shape index (κ3) is 0.692. The molecule has 2 fully saturated rings. The highest BCUT2D eigenvalue weighted by atomic mass is 14.9. The monoisotopic (exact) mass is 219 g/mol. The zero-order chi connectivity index (χ0) is 11.3. The van der Waals surface area contributed by atoms with Crippen molar-refractivity contribution in [2.24, 2.45) is 0 Å². The topological polar surface area (TPSA) is 12.9 Å². The number of pyridine rings is 1. The van der Waals surface area contributed by atoms with Gasteiger partial charge in [0.25, 0.3) is 0 Å². The summed E-state index contributed by atoms with van der Waals surface area (Å²) in [4.78, 5) is 4.67. The fraction of sp³-hybridized carbons (Fsp3) is 0.312. The Morgan fingerprint density at radius 1 is 1.00 bits per heavy atom. The standard InChI is InChI=1S/C16H13N/c1-10-4-2-5-11-13(10)14-12(6-3-7-17-14)16-8-15(11,16)9-16/h2-7H,8-9H2,1H3. The van der Waals surface area contributed by atoms with E-state index in [-0.39, 0.29) is 0 Å². The van der Waals surface area contributed by atoms with Gasteiger partial charge in [-0.1, -0.05) is 24.3 Å². The number of fused-ring (bicyclic) bond motifs is 3. The number of rotatable bonds is 0. The van der Waals surface area contributed by atoms with Gasteiger partial charge in [-0.25, -0.2) is 0 Å². The molecule has 0 spiro atoms. The van der Waals surface area contributed by atoms with Gasteiger partial charge in [0.05, 0.1) is 5.69 Å². The molecule has 3 aliphatic rings. The Hall–Kier alpha value is -1.63. The minimum atomic E-state index is 0.497. The number of aromatic nitrogens is 1. The molecule has 1 aromatic heterocycles. The van der Waals surface area contributed by atoms with Crippen LogP contribution in [0.1, 0.15) is 29.5 Å². The Morgan fingerprint density at radius 3 is 2.65 bits per heavy atom. The van der Waals surface area contributed by atoms with Gasteiger partial charge in [-0.15, -0.1) is 0 Å². The maximum atomic E-state index is 4.67. The smallest absolute Gasteiger partial charge is 0.0745 e. The van der Waals surface area contributed by atoms with E-state index in [9.17, 15) is 0 Å². The van der Waals surface area contributed by atoms with Gasteiger partial charge in [0.2, 0.25) is 0 Å². The quantitative estimate of drug-likeness (QED) is 0.662. The van der Waals surface area contributed by atoms with Crippen LogP contribution in [0.4, 0.5) is 0 Å². The van der Waals surface area contributed by atoms with Crippen molar-refractivity contribution in [3.63, 3.8) is 0 Å². The van der Waals surface area contributed by atoms with E-state index >= 15 is 0 Å². The molecule has 0 bridgehead atoms. The van der Waals surface area contributed by atoms with Gasteiger partial charge in [-0.2, -0.15) is 0 Å². The Kier molecular flexibility index (Phi) is 1.08. The fourth-order valence-electron chi connectivity index (χ4n) is 4.16. The zero-order valence-corrected chi connectivity index (χ0v) is 9.83. The van der Waals surface area contributed by atoms with Crippen LogP contribution in [0, 0.1) is 6.92 Å². The highest BCUT2D eigenvalue weighted by Crippen LogP contribution is 2.88. The van der Waals surface area contributed by atoms with Crippen molar-refractivity contribution in [2.75, 3.05) is 0 Å². The molecule has 0 unspecified atom stereocenters. The highest BCUT2D eigenvalue weighted by Gasteiger charge is 2.86. The van der Waals surface area contributed by atoms with Crippen LogP contribution < -0.4 is 0 Å². The fourth-order valence-corrected chi connectivity index (χ4v) is 4.16. The summed E-state index contributed by atoms with van der Waals surface area (Å²) < 4.78 is 0. The third-order valence-corrected chi connectivity index (χ3v) is 5.22. The predicted octanol–water partition coefficient (Wildman–Crippen LogP) is 3.35. The maximum absolute atomic E-state index is 4.67. The number of hydrogen-bond donors (Lipinski definition) is 0. The van der Waals surface area contributed by atoms with Gasteiger partial charge >= 0.3 is 0 Å². The lowest BCUT2D eigenvalue weighted by molar-refractivity contribution is 0.792. The number of aryl methyl sites for hydroxylation is 1. The van der Waals surface area contributed by atoms with Crippen molar-refractivity contribution < 1.29 is 0 Å². The Labute approximate surface area is 101 Å². The summed E-state index contributed by atoms with van der Waals surface area (Å²) >= 11 is 0.